The van der Waals surface area contributed by atoms with Crippen molar-refractivity contribution >= 4 is 12.6 Å². The van der Waals surface area contributed by atoms with Crippen LogP contribution in [0, 0.1) is 0 Å². The first-order chi connectivity index (χ1) is 3.91. The third-order valence-electron chi connectivity index (χ3n) is 0.547. The van der Waals surface area contributed by atoms with Crippen LogP contribution < -0.4 is 0 Å². The van der Waals surface area contributed by atoms with Gasteiger partial charge in [-0.05, 0) is 13.0 Å². The maximum absolute atomic E-state index is 3.78. The molecule has 0 aliphatic heterocycles. The summed E-state index contributed by atoms with van der Waals surface area (Å²) in [5, 5.41) is 0. The number of nitrogens with zero attached hydrogens (tertiary/aromatic N) is 2. The smallest absolute Gasteiger partial charge is 0.109 e. The Morgan fingerprint density at radius 1 is 1.38 bits per heavy atom. The lowest BCUT2D eigenvalue weighted by atomic mass is 10.6. The average molecular weight is 110 g/mol. The minimum atomic E-state index is 1.50. The average Bonchev–Trinajstić information content (AvgIpc) is 1.81. The molecule has 0 bridgehead atoms. The van der Waals surface area contributed by atoms with Crippen molar-refractivity contribution in [1.82, 2.24) is 0 Å². The summed E-state index contributed by atoms with van der Waals surface area (Å²) >= 11 is 0. The molecule has 0 spiro atoms. The van der Waals surface area contributed by atoms with Gasteiger partial charge in [0.1, 0.15) is 6.34 Å². The predicted molar refractivity (Wildman–Crippen MR) is 37.7 cm³/mol. The molecule has 0 aliphatic rings. The lowest BCUT2D eigenvalue weighted by molar-refractivity contribution is 1.45. The van der Waals surface area contributed by atoms with Crippen LogP contribution in [-0.4, -0.2) is 19.6 Å². The van der Waals surface area contributed by atoms with E-state index in [-0.39, 0.29) is 0 Å². The van der Waals surface area contributed by atoms with Gasteiger partial charge in [0.05, 0.1) is 0 Å². The predicted octanol–water partition coefficient (Wildman–Crippen LogP) is 1.29. The number of allylic oxidation sites excluding steroid dienone is 2. The van der Waals surface area contributed by atoms with Gasteiger partial charge in [-0.25, -0.2) is 4.99 Å². The Morgan fingerprint density at radius 2 is 2.12 bits per heavy atom. The lowest BCUT2D eigenvalue weighted by Gasteiger charge is -1.69. The van der Waals surface area contributed by atoms with Gasteiger partial charge in [-0.15, -0.1) is 0 Å². The van der Waals surface area contributed by atoms with Crippen molar-refractivity contribution in [3.63, 3.8) is 0 Å². The summed E-state index contributed by atoms with van der Waals surface area (Å²) in [6.45, 7) is 1.94. The van der Waals surface area contributed by atoms with Crippen LogP contribution in [0.15, 0.2) is 22.1 Å². The molecule has 0 heterocycles. The Labute approximate surface area is 49.7 Å². The van der Waals surface area contributed by atoms with Crippen molar-refractivity contribution < 1.29 is 0 Å². The van der Waals surface area contributed by atoms with Crippen LogP contribution in [0.2, 0.25) is 0 Å². The van der Waals surface area contributed by atoms with Crippen molar-refractivity contribution in [2.75, 3.05) is 7.05 Å². The van der Waals surface area contributed by atoms with Gasteiger partial charge in [0.25, 0.3) is 0 Å². The minimum Gasteiger partial charge on any atom is -0.277 e. The van der Waals surface area contributed by atoms with Gasteiger partial charge in [0, 0.05) is 13.3 Å². The summed E-state index contributed by atoms with van der Waals surface area (Å²) in [6, 6.07) is 0. The fourth-order valence-corrected chi connectivity index (χ4v) is 0.241. The Morgan fingerprint density at radius 3 is 2.62 bits per heavy atom. The molecule has 0 fully saturated rings. The van der Waals surface area contributed by atoms with E-state index in [9.17, 15) is 0 Å². The summed E-state index contributed by atoms with van der Waals surface area (Å²) in [6.07, 6.45) is 6.95. The largest absolute Gasteiger partial charge is 0.277 e. The quantitative estimate of drug-likeness (QED) is 0.378. The molecule has 0 radical (unpaired) electrons. The molecule has 0 saturated carbocycles. The van der Waals surface area contributed by atoms with E-state index in [0.29, 0.717) is 0 Å². The molecule has 8 heavy (non-hydrogen) atoms. The van der Waals surface area contributed by atoms with E-state index in [1.807, 2.05) is 19.1 Å². The molecule has 0 aromatic heterocycles. The summed E-state index contributed by atoms with van der Waals surface area (Å²) in [5.74, 6) is 0. The fourth-order valence-electron chi connectivity index (χ4n) is 0.241. The van der Waals surface area contributed by atoms with Crippen molar-refractivity contribution in [1.29, 1.82) is 0 Å². The topological polar surface area (TPSA) is 24.7 Å². The summed E-state index contributed by atoms with van der Waals surface area (Å²) < 4.78 is 0. The van der Waals surface area contributed by atoms with Gasteiger partial charge in [-0.2, -0.15) is 0 Å². The normalized spacial score (nSPS) is 12.8. The Bertz CT molecular complexity index is 97.7. The molecule has 0 atom stereocenters. The number of hydrogen-bond acceptors (Lipinski definition) is 1. The second-order valence-corrected chi connectivity index (χ2v) is 1.20. The van der Waals surface area contributed by atoms with Crippen molar-refractivity contribution in [3.8, 4) is 0 Å². The maximum atomic E-state index is 3.78. The van der Waals surface area contributed by atoms with Crippen LogP contribution >= 0.6 is 0 Å². The highest BCUT2D eigenvalue weighted by molar-refractivity contribution is 5.79. The standard InChI is InChI=1S/C6H10N2/c1-3-4-5-8-6-7-2/h3-6H,1-2H3/b4-3-,7-6?,8-5?. The molecule has 0 aromatic carbocycles. The van der Waals surface area contributed by atoms with E-state index in [0.717, 1.165) is 0 Å². The highest BCUT2D eigenvalue weighted by atomic mass is 14.8. The Kier molecular flexibility index (Phi) is 5.38. The second kappa shape index (κ2) is 6.08. The first-order valence-electron chi connectivity index (χ1n) is 2.47. The third-order valence-corrected chi connectivity index (χ3v) is 0.547. The summed E-state index contributed by atoms with van der Waals surface area (Å²) in [5.41, 5.74) is 0. The fraction of sp³-hybridized carbons (Fsp3) is 0.333. The summed E-state index contributed by atoms with van der Waals surface area (Å²) in [7, 11) is 1.69. The number of rotatable bonds is 2. The van der Waals surface area contributed by atoms with Crippen molar-refractivity contribution in [2.24, 2.45) is 9.98 Å². The molecule has 0 aliphatic carbocycles. The lowest BCUT2D eigenvalue weighted by Crippen LogP contribution is -1.65. The Balaban J connectivity index is 3.35. The molecular weight excluding hydrogens is 100 g/mol. The molecule has 0 unspecified atom stereocenters. The van der Waals surface area contributed by atoms with Crippen molar-refractivity contribution in [2.45, 2.75) is 6.92 Å². The van der Waals surface area contributed by atoms with E-state index in [1.165, 1.54) is 6.34 Å². The van der Waals surface area contributed by atoms with E-state index in [1.54, 1.807) is 13.3 Å². The van der Waals surface area contributed by atoms with Crippen LogP contribution in [0.3, 0.4) is 0 Å². The monoisotopic (exact) mass is 110 g/mol. The zero-order valence-electron chi connectivity index (χ0n) is 5.20. The van der Waals surface area contributed by atoms with E-state index >= 15 is 0 Å². The first kappa shape index (κ1) is 7.08. The molecule has 0 aromatic rings. The zero-order valence-corrected chi connectivity index (χ0v) is 5.20. The molecule has 2 heteroatoms. The molecular formula is C6H10N2. The maximum Gasteiger partial charge on any atom is 0.109 e. The molecule has 0 rings (SSSR count). The second-order valence-electron chi connectivity index (χ2n) is 1.20. The van der Waals surface area contributed by atoms with Crippen LogP contribution in [0.4, 0.5) is 0 Å². The Hall–Kier alpha value is -0.920. The number of hydrogen-bond donors (Lipinski definition) is 0. The molecule has 0 saturated heterocycles. The van der Waals surface area contributed by atoms with Gasteiger partial charge < -0.3 is 0 Å². The van der Waals surface area contributed by atoms with Crippen LogP contribution in [0.25, 0.3) is 0 Å². The minimum absolute atomic E-state index is 1.50. The van der Waals surface area contributed by atoms with E-state index < -0.39 is 0 Å². The van der Waals surface area contributed by atoms with Crippen molar-refractivity contribution in [3.05, 3.63) is 12.2 Å². The van der Waals surface area contributed by atoms with Gasteiger partial charge in [-0.1, -0.05) is 6.08 Å². The van der Waals surface area contributed by atoms with E-state index in [4.69, 9.17) is 0 Å². The van der Waals surface area contributed by atoms with Gasteiger partial charge in [0.2, 0.25) is 0 Å². The van der Waals surface area contributed by atoms with Gasteiger partial charge in [-0.3, -0.25) is 4.99 Å². The summed E-state index contributed by atoms with van der Waals surface area (Å²) in [4.78, 5) is 7.43. The molecule has 2 nitrogen and oxygen atoms in total. The number of aliphatic imine (C=N–C) groups is 2. The zero-order chi connectivity index (χ0) is 6.24. The molecule has 0 amide bonds. The van der Waals surface area contributed by atoms with Crippen LogP contribution in [0.1, 0.15) is 6.92 Å². The highest BCUT2D eigenvalue weighted by Gasteiger charge is 1.56. The first-order valence-corrected chi connectivity index (χ1v) is 2.47. The SMILES string of the molecule is C/C=C\C=NC=NC. The van der Waals surface area contributed by atoms with Gasteiger partial charge in [0.15, 0.2) is 0 Å². The van der Waals surface area contributed by atoms with E-state index in [2.05, 4.69) is 9.98 Å². The van der Waals surface area contributed by atoms with Gasteiger partial charge >= 0.3 is 0 Å². The molecule has 44 valence electrons. The molecule has 0 N–H and O–H groups in total. The van der Waals surface area contributed by atoms with Crippen LogP contribution in [-0.2, 0) is 0 Å². The third kappa shape index (κ3) is 5.08. The van der Waals surface area contributed by atoms with Crippen LogP contribution in [0.5, 0.6) is 0 Å². The highest BCUT2D eigenvalue weighted by Crippen LogP contribution is 1.63.